The molecule has 0 radical (unpaired) electrons. The largest absolute Gasteiger partial charge is 0.480 e. The van der Waals surface area contributed by atoms with Crippen LogP contribution in [0.15, 0.2) is 0 Å². The quantitative estimate of drug-likeness (QED) is 0.590. The second-order valence-electron chi connectivity index (χ2n) is 2.77. The highest BCUT2D eigenvalue weighted by molar-refractivity contribution is 5.85. The Kier molecular flexibility index (Phi) is 1.26. The standard InChI is InChI=1S/C6H10FNO2/c1-2-5(7)3-6(5,8)4(9)10/h2-3,8H2,1H3,(H,9,10)/t5-,6-/m0/s1. The summed E-state index contributed by atoms with van der Waals surface area (Å²) in [5.41, 5.74) is 1.95. The van der Waals surface area contributed by atoms with Gasteiger partial charge >= 0.3 is 5.97 Å². The normalized spacial score (nSPS) is 45.1. The maximum atomic E-state index is 13.0. The second-order valence-corrected chi connectivity index (χ2v) is 2.77. The maximum Gasteiger partial charge on any atom is 0.327 e. The van der Waals surface area contributed by atoms with Gasteiger partial charge in [0.05, 0.1) is 0 Å². The average Bonchev–Trinajstić information content (AvgIpc) is 2.39. The van der Waals surface area contributed by atoms with Crippen LogP contribution in [0.4, 0.5) is 4.39 Å². The van der Waals surface area contributed by atoms with E-state index in [0.717, 1.165) is 0 Å². The van der Waals surface area contributed by atoms with Gasteiger partial charge in [0.25, 0.3) is 0 Å². The van der Waals surface area contributed by atoms with E-state index in [1.54, 1.807) is 6.92 Å². The van der Waals surface area contributed by atoms with Gasteiger partial charge in [-0.05, 0) is 6.42 Å². The first-order valence-electron chi connectivity index (χ1n) is 3.17. The number of rotatable bonds is 2. The third kappa shape index (κ3) is 0.653. The lowest BCUT2D eigenvalue weighted by molar-refractivity contribution is -0.140. The highest BCUT2D eigenvalue weighted by Crippen LogP contribution is 2.51. The van der Waals surface area contributed by atoms with E-state index >= 15 is 0 Å². The van der Waals surface area contributed by atoms with Crippen molar-refractivity contribution in [1.29, 1.82) is 0 Å². The van der Waals surface area contributed by atoms with Gasteiger partial charge in [-0.3, -0.25) is 4.79 Å². The molecule has 1 fully saturated rings. The van der Waals surface area contributed by atoms with Gasteiger partial charge in [-0.15, -0.1) is 0 Å². The predicted octanol–water partition coefficient (Wildman–Crippen LogP) is 0.291. The Morgan fingerprint density at radius 2 is 2.40 bits per heavy atom. The van der Waals surface area contributed by atoms with Gasteiger partial charge < -0.3 is 10.8 Å². The second kappa shape index (κ2) is 1.69. The minimum absolute atomic E-state index is 0.0498. The summed E-state index contributed by atoms with van der Waals surface area (Å²) in [6.07, 6.45) is 0.127. The zero-order chi connectivity index (χ0) is 7.99. The lowest BCUT2D eigenvalue weighted by Gasteiger charge is -2.07. The molecule has 1 aliphatic rings. The van der Waals surface area contributed by atoms with Gasteiger partial charge in [0.1, 0.15) is 5.67 Å². The number of halogens is 1. The zero-order valence-electron chi connectivity index (χ0n) is 5.72. The van der Waals surface area contributed by atoms with Gasteiger partial charge in [-0.2, -0.15) is 0 Å². The van der Waals surface area contributed by atoms with Crippen molar-refractivity contribution < 1.29 is 14.3 Å². The van der Waals surface area contributed by atoms with Crippen LogP contribution in [0.3, 0.4) is 0 Å². The molecule has 0 unspecified atom stereocenters. The summed E-state index contributed by atoms with van der Waals surface area (Å²) in [4.78, 5) is 10.3. The number of carboxylic acid groups (broad SMARTS) is 1. The number of hydrogen-bond acceptors (Lipinski definition) is 2. The molecule has 0 aromatic carbocycles. The van der Waals surface area contributed by atoms with Crippen molar-refractivity contribution >= 4 is 5.97 Å². The van der Waals surface area contributed by atoms with Crippen LogP contribution in [-0.4, -0.2) is 22.3 Å². The summed E-state index contributed by atoms with van der Waals surface area (Å²) in [7, 11) is 0. The Bertz CT molecular complexity index is 185. The van der Waals surface area contributed by atoms with Crippen molar-refractivity contribution in [3.8, 4) is 0 Å². The topological polar surface area (TPSA) is 63.3 Å². The molecule has 0 saturated heterocycles. The molecule has 0 aromatic rings. The van der Waals surface area contributed by atoms with Crippen LogP contribution in [0.5, 0.6) is 0 Å². The summed E-state index contributed by atoms with van der Waals surface area (Å²) in [6.45, 7) is 1.59. The molecule has 0 heterocycles. The maximum absolute atomic E-state index is 13.0. The van der Waals surface area contributed by atoms with Crippen molar-refractivity contribution in [2.45, 2.75) is 31.0 Å². The van der Waals surface area contributed by atoms with E-state index in [1.165, 1.54) is 0 Å². The number of nitrogens with two attached hydrogens (primary N) is 1. The zero-order valence-corrected chi connectivity index (χ0v) is 5.72. The molecule has 1 rings (SSSR count). The summed E-state index contributed by atoms with van der Waals surface area (Å²) in [6, 6.07) is 0. The van der Waals surface area contributed by atoms with E-state index in [-0.39, 0.29) is 12.8 Å². The highest BCUT2D eigenvalue weighted by Gasteiger charge is 2.71. The molecule has 2 atom stereocenters. The average molecular weight is 147 g/mol. The first kappa shape index (κ1) is 7.47. The van der Waals surface area contributed by atoms with E-state index in [9.17, 15) is 9.18 Å². The van der Waals surface area contributed by atoms with Crippen molar-refractivity contribution in [3.05, 3.63) is 0 Å². The van der Waals surface area contributed by atoms with E-state index < -0.39 is 17.2 Å². The predicted molar refractivity (Wildman–Crippen MR) is 33.3 cm³/mol. The van der Waals surface area contributed by atoms with E-state index in [1.807, 2.05) is 0 Å². The fourth-order valence-electron chi connectivity index (χ4n) is 1.11. The van der Waals surface area contributed by atoms with Gasteiger partial charge in [-0.25, -0.2) is 4.39 Å². The van der Waals surface area contributed by atoms with Crippen molar-refractivity contribution in [2.24, 2.45) is 5.73 Å². The third-order valence-corrected chi connectivity index (χ3v) is 2.18. The van der Waals surface area contributed by atoms with Gasteiger partial charge in [0.15, 0.2) is 5.54 Å². The molecule has 3 nitrogen and oxygen atoms in total. The monoisotopic (exact) mass is 147 g/mol. The van der Waals surface area contributed by atoms with Gasteiger partial charge in [0.2, 0.25) is 0 Å². The Hall–Kier alpha value is -0.640. The van der Waals surface area contributed by atoms with Gasteiger partial charge in [-0.1, -0.05) is 6.92 Å². The number of carbonyl (C=O) groups is 1. The van der Waals surface area contributed by atoms with Crippen LogP contribution in [0.25, 0.3) is 0 Å². The van der Waals surface area contributed by atoms with Gasteiger partial charge in [0, 0.05) is 6.42 Å². The molecular weight excluding hydrogens is 137 g/mol. The first-order valence-corrected chi connectivity index (χ1v) is 3.17. The first-order chi connectivity index (χ1) is 4.46. The van der Waals surface area contributed by atoms with Crippen LogP contribution in [0, 0.1) is 0 Å². The minimum atomic E-state index is -1.65. The lowest BCUT2D eigenvalue weighted by atomic mass is 10.1. The van der Waals surface area contributed by atoms with Crippen LogP contribution in [-0.2, 0) is 4.79 Å². The smallest absolute Gasteiger partial charge is 0.327 e. The Labute approximate surface area is 58.0 Å². The van der Waals surface area contributed by atoms with Crippen LogP contribution < -0.4 is 5.73 Å². The molecule has 0 aliphatic heterocycles. The molecule has 1 aliphatic carbocycles. The lowest BCUT2D eigenvalue weighted by Crippen LogP contribution is -2.40. The summed E-state index contributed by atoms with van der Waals surface area (Å²) >= 11 is 0. The van der Waals surface area contributed by atoms with Crippen LogP contribution in [0.2, 0.25) is 0 Å². The summed E-state index contributed by atoms with van der Waals surface area (Å²) in [5.74, 6) is -1.24. The fraction of sp³-hybridized carbons (Fsp3) is 0.833. The molecule has 3 N–H and O–H groups in total. The van der Waals surface area contributed by atoms with E-state index in [2.05, 4.69) is 0 Å². The molecule has 0 amide bonds. The SMILES string of the molecule is CC[C@]1(F)C[C@]1(N)C(=O)O. The van der Waals surface area contributed by atoms with E-state index in [4.69, 9.17) is 10.8 Å². The summed E-state index contributed by atoms with van der Waals surface area (Å²) < 4.78 is 13.0. The molecular formula is C6H10FNO2. The third-order valence-electron chi connectivity index (χ3n) is 2.18. The van der Waals surface area contributed by atoms with Crippen LogP contribution >= 0.6 is 0 Å². The number of aliphatic carboxylic acids is 1. The molecule has 0 aromatic heterocycles. The molecule has 1 saturated carbocycles. The van der Waals surface area contributed by atoms with Crippen molar-refractivity contribution in [1.82, 2.24) is 0 Å². The molecule has 0 spiro atoms. The fourth-order valence-corrected chi connectivity index (χ4v) is 1.11. The number of hydrogen-bond donors (Lipinski definition) is 2. The molecule has 10 heavy (non-hydrogen) atoms. The van der Waals surface area contributed by atoms with Crippen molar-refractivity contribution in [2.75, 3.05) is 0 Å². The summed E-state index contributed by atoms with van der Waals surface area (Å²) in [5, 5.41) is 8.41. The number of carboxylic acids is 1. The number of alkyl halides is 1. The molecule has 0 bridgehead atoms. The molecule has 58 valence electrons. The highest BCUT2D eigenvalue weighted by atomic mass is 19.1. The minimum Gasteiger partial charge on any atom is -0.480 e. The van der Waals surface area contributed by atoms with Crippen molar-refractivity contribution in [3.63, 3.8) is 0 Å². The Morgan fingerprint density at radius 1 is 1.90 bits per heavy atom. The Morgan fingerprint density at radius 3 is 2.50 bits per heavy atom. The van der Waals surface area contributed by atoms with Crippen LogP contribution in [0.1, 0.15) is 19.8 Å². The van der Waals surface area contributed by atoms with E-state index in [0.29, 0.717) is 0 Å². The Balaban J connectivity index is 2.72. The molecule has 4 heteroatoms.